The summed E-state index contributed by atoms with van der Waals surface area (Å²) in [6.45, 7) is 2.12. The number of aliphatic hydroxyl groups is 1. The van der Waals surface area contributed by atoms with E-state index in [1.165, 1.54) is 4.68 Å². The van der Waals surface area contributed by atoms with Crippen molar-refractivity contribution < 1.29 is 54.1 Å². The Hall–Kier alpha value is -2.72. The summed E-state index contributed by atoms with van der Waals surface area (Å²) < 4.78 is 117. The summed E-state index contributed by atoms with van der Waals surface area (Å²) in [5, 5.41) is 13.1. The Morgan fingerprint density at radius 3 is 2.42 bits per heavy atom. The molecule has 38 heavy (non-hydrogen) atoms. The third kappa shape index (κ3) is 5.96. The fraction of sp³-hybridized carbons (Fsp3) is 0.524. The maximum atomic E-state index is 13.5. The lowest BCUT2D eigenvalue weighted by Crippen LogP contribution is -2.53. The van der Waals surface area contributed by atoms with Gasteiger partial charge in [0.2, 0.25) is 5.60 Å². The number of hydrogen-bond acceptors (Lipinski definition) is 7. The molecule has 0 unspecified atom stereocenters. The number of carbonyl (C=O) groups excluding carboxylic acids is 1. The Morgan fingerprint density at radius 2 is 1.89 bits per heavy atom. The molecule has 0 bridgehead atoms. The topological polar surface area (TPSA) is 111 Å². The molecule has 2 atom stereocenters. The van der Waals surface area contributed by atoms with Gasteiger partial charge in [-0.25, -0.2) is 8.42 Å². The zero-order valence-electron chi connectivity index (χ0n) is 20.0. The molecule has 212 valence electrons. The number of nitrogens with zero attached hydrogens (tertiary/aromatic N) is 3. The number of aryl methyl sites for hydroxylation is 1. The van der Waals surface area contributed by atoms with E-state index in [2.05, 4.69) is 9.84 Å². The summed E-state index contributed by atoms with van der Waals surface area (Å²) in [5.41, 5.74) is -3.18. The monoisotopic (exact) mass is 593 g/mol. The van der Waals surface area contributed by atoms with Crippen molar-refractivity contribution in [1.29, 1.82) is 0 Å². The predicted molar refractivity (Wildman–Crippen MR) is 120 cm³/mol. The van der Waals surface area contributed by atoms with Crippen LogP contribution in [0.5, 0.6) is 5.75 Å². The minimum Gasteiger partial charge on any atom is -0.483 e. The number of hydrogen-bond donors (Lipinski definition) is 1. The van der Waals surface area contributed by atoms with E-state index in [1.807, 2.05) is 0 Å². The lowest BCUT2D eigenvalue weighted by Gasteiger charge is -2.37. The van der Waals surface area contributed by atoms with Gasteiger partial charge in [-0.05, 0) is 38.5 Å². The van der Waals surface area contributed by atoms with Gasteiger partial charge in [0.25, 0.3) is 10.0 Å². The van der Waals surface area contributed by atoms with Gasteiger partial charge in [-0.2, -0.15) is 31.4 Å². The zero-order valence-corrected chi connectivity index (χ0v) is 21.5. The van der Waals surface area contributed by atoms with Gasteiger partial charge in [0.15, 0.2) is 17.4 Å². The van der Waals surface area contributed by atoms with Crippen molar-refractivity contribution in [3.05, 3.63) is 35.1 Å². The highest BCUT2D eigenvalue weighted by molar-refractivity contribution is 7.93. The number of aromatic nitrogens is 2. The van der Waals surface area contributed by atoms with Crippen LogP contribution in [0, 0.1) is 0 Å². The summed E-state index contributed by atoms with van der Waals surface area (Å²) in [6, 6.07) is 3.21. The van der Waals surface area contributed by atoms with Crippen LogP contribution in [0.4, 0.5) is 32.0 Å². The van der Waals surface area contributed by atoms with Gasteiger partial charge in [-0.1, -0.05) is 17.7 Å². The molecule has 1 aromatic carbocycles. The summed E-state index contributed by atoms with van der Waals surface area (Å²) in [5.74, 6) is -1.70. The smallest absolute Gasteiger partial charge is 0.427 e. The van der Waals surface area contributed by atoms with Crippen molar-refractivity contribution in [2.24, 2.45) is 0 Å². The van der Waals surface area contributed by atoms with E-state index in [-0.39, 0.29) is 17.8 Å². The first-order chi connectivity index (χ1) is 17.3. The quantitative estimate of drug-likeness (QED) is 0.383. The van der Waals surface area contributed by atoms with Crippen LogP contribution in [-0.4, -0.2) is 66.0 Å². The number of sulfonamides is 1. The second-order valence-electron chi connectivity index (χ2n) is 8.78. The van der Waals surface area contributed by atoms with E-state index in [0.717, 1.165) is 24.4 Å². The first kappa shape index (κ1) is 29.8. The van der Waals surface area contributed by atoms with Gasteiger partial charge in [-0.3, -0.25) is 13.8 Å². The van der Waals surface area contributed by atoms with Gasteiger partial charge in [0.1, 0.15) is 10.6 Å². The fourth-order valence-electron chi connectivity index (χ4n) is 3.41. The molecule has 0 saturated heterocycles. The highest BCUT2D eigenvalue weighted by Crippen LogP contribution is 2.41. The normalized spacial score (nSPS) is 17.6. The van der Waals surface area contributed by atoms with Crippen LogP contribution in [0.15, 0.2) is 29.3 Å². The molecule has 0 spiro atoms. The van der Waals surface area contributed by atoms with Crippen LogP contribution in [-0.2, 0) is 32.5 Å². The third-order valence-corrected chi connectivity index (χ3v) is 7.75. The lowest BCUT2D eigenvalue weighted by atomic mass is 10.1. The molecular formula is C21H22ClF6N3O6S. The van der Waals surface area contributed by atoms with Crippen LogP contribution in [0.25, 0.3) is 0 Å². The first-order valence-corrected chi connectivity index (χ1v) is 12.7. The van der Waals surface area contributed by atoms with Crippen LogP contribution in [0.2, 0.25) is 5.15 Å². The number of fused-ring (bicyclic) bond motifs is 1. The van der Waals surface area contributed by atoms with E-state index < -0.39 is 74.9 Å². The van der Waals surface area contributed by atoms with E-state index >= 15 is 0 Å². The molecule has 0 amide bonds. The molecule has 1 aliphatic heterocycles. The number of benzene rings is 1. The van der Waals surface area contributed by atoms with Gasteiger partial charge in [0.05, 0.1) is 18.7 Å². The van der Waals surface area contributed by atoms with Crippen molar-refractivity contribution in [3.63, 3.8) is 0 Å². The third-order valence-electron chi connectivity index (χ3n) is 5.58. The van der Waals surface area contributed by atoms with Crippen molar-refractivity contribution in [3.8, 4) is 5.75 Å². The second-order valence-corrected chi connectivity index (χ2v) is 11.0. The molecule has 0 radical (unpaired) electrons. The lowest BCUT2D eigenvalue weighted by molar-refractivity contribution is -0.257. The van der Waals surface area contributed by atoms with Crippen LogP contribution >= 0.6 is 11.6 Å². The number of carbonyl (C=O) groups is 1. The summed E-state index contributed by atoms with van der Waals surface area (Å²) in [4.78, 5) is 11.7. The molecule has 3 rings (SSSR count). The fourth-order valence-corrected chi connectivity index (χ4v) is 5.34. The van der Waals surface area contributed by atoms with Crippen LogP contribution in [0.1, 0.15) is 26.3 Å². The van der Waals surface area contributed by atoms with Gasteiger partial charge in [0, 0.05) is 12.7 Å². The van der Waals surface area contributed by atoms with Crippen molar-refractivity contribution in [2.75, 3.05) is 10.8 Å². The Balaban J connectivity index is 2.03. The summed E-state index contributed by atoms with van der Waals surface area (Å²) in [6.07, 6.45) is -14.8. The van der Waals surface area contributed by atoms with E-state index in [9.17, 15) is 44.7 Å². The van der Waals surface area contributed by atoms with Gasteiger partial charge < -0.3 is 14.6 Å². The maximum Gasteiger partial charge on any atom is 0.427 e. The van der Waals surface area contributed by atoms with Crippen LogP contribution in [0.3, 0.4) is 0 Å². The maximum absolute atomic E-state index is 13.5. The number of rotatable bonds is 7. The first-order valence-electron chi connectivity index (χ1n) is 10.9. The minimum absolute atomic E-state index is 0.0271. The summed E-state index contributed by atoms with van der Waals surface area (Å²) in [7, 11) is -4.71. The zero-order chi connectivity index (χ0) is 28.8. The van der Waals surface area contributed by atoms with Crippen molar-refractivity contribution >= 4 is 33.3 Å². The van der Waals surface area contributed by atoms with E-state index in [4.69, 9.17) is 16.3 Å². The number of aliphatic hydroxyl groups excluding tert-OH is 1. The molecule has 0 saturated carbocycles. The minimum atomic E-state index is -5.16. The number of anilines is 1. The molecule has 9 nitrogen and oxygen atoms in total. The average Bonchev–Trinajstić information content (AvgIpc) is 3.17. The largest absolute Gasteiger partial charge is 0.483 e. The number of alkyl halides is 6. The molecule has 1 aliphatic rings. The standard InChI is InChI=1S/C21H22ClF6N3O6S/c1-4-30-10-15(18(22)29-30)38(34,35)31-9-14(17(33)20(23,24)25)36-13-6-5-11(7-12(13)31)8-16(32)37-19(2,3)21(26,27)28/h5-7,10,14,17,33H,4,8-9H2,1-3H3/t14-,17-/m1/s1. The second kappa shape index (κ2) is 10.1. The molecular weight excluding hydrogens is 572 g/mol. The highest BCUT2D eigenvalue weighted by atomic mass is 35.5. The molecule has 2 heterocycles. The molecule has 0 fully saturated rings. The number of esters is 1. The van der Waals surface area contributed by atoms with Gasteiger partial charge >= 0.3 is 18.3 Å². The van der Waals surface area contributed by atoms with Crippen molar-refractivity contribution in [1.82, 2.24) is 9.78 Å². The molecule has 2 aromatic rings. The van der Waals surface area contributed by atoms with Crippen molar-refractivity contribution in [2.45, 2.75) is 68.8 Å². The Kier molecular flexibility index (Phi) is 7.94. The molecule has 1 aromatic heterocycles. The Morgan fingerprint density at radius 1 is 1.26 bits per heavy atom. The van der Waals surface area contributed by atoms with E-state index in [1.54, 1.807) is 6.92 Å². The summed E-state index contributed by atoms with van der Waals surface area (Å²) >= 11 is 5.97. The average molecular weight is 594 g/mol. The predicted octanol–water partition coefficient (Wildman–Crippen LogP) is 3.86. The Labute approximate surface area is 217 Å². The van der Waals surface area contributed by atoms with E-state index in [0.29, 0.717) is 18.2 Å². The number of ether oxygens (including phenoxy) is 2. The molecule has 17 heteroatoms. The highest BCUT2D eigenvalue weighted by Gasteiger charge is 2.51. The number of halogens is 7. The SMILES string of the molecule is CCn1cc(S(=O)(=O)N2C[C@H]([C@@H](O)C(F)(F)F)Oc3ccc(CC(=O)OC(C)(C)C(F)(F)F)cc32)c(Cl)n1. The van der Waals surface area contributed by atoms with Crippen LogP contribution < -0.4 is 9.04 Å². The Bertz CT molecular complexity index is 1310. The molecule has 0 aliphatic carbocycles. The molecule has 1 N–H and O–H groups in total. The van der Waals surface area contributed by atoms with Gasteiger partial charge in [-0.15, -0.1) is 0 Å².